The van der Waals surface area contributed by atoms with Gasteiger partial charge in [0, 0.05) is 44.2 Å². The third-order valence-electron chi connectivity index (χ3n) is 6.38. The van der Waals surface area contributed by atoms with Crippen molar-refractivity contribution < 1.29 is 18.0 Å². The summed E-state index contributed by atoms with van der Waals surface area (Å²) in [5, 5.41) is 2.78. The number of nitrogens with zero attached hydrogens (tertiary/aromatic N) is 2. The van der Waals surface area contributed by atoms with Crippen LogP contribution in [0.4, 0.5) is 5.69 Å². The number of amides is 2. The Morgan fingerprint density at radius 1 is 1.10 bits per heavy atom. The van der Waals surface area contributed by atoms with Crippen molar-refractivity contribution in [2.75, 3.05) is 31.5 Å². The lowest BCUT2D eigenvalue weighted by molar-refractivity contribution is -0.138. The number of benzene rings is 1. The SMILES string of the molecule is CC1CCCN(C(=O)C2CCN(S(=O)(=O)c3ccc4c(c3)CCC(=O)N4)CC2)C1. The van der Waals surface area contributed by atoms with E-state index < -0.39 is 10.0 Å². The quantitative estimate of drug-likeness (QED) is 0.814. The van der Waals surface area contributed by atoms with E-state index in [9.17, 15) is 18.0 Å². The fourth-order valence-corrected chi connectivity index (χ4v) is 6.18. The molecule has 1 atom stereocenters. The van der Waals surface area contributed by atoms with Crippen molar-refractivity contribution in [3.63, 3.8) is 0 Å². The van der Waals surface area contributed by atoms with Crippen molar-refractivity contribution >= 4 is 27.5 Å². The zero-order valence-corrected chi connectivity index (χ0v) is 17.7. The number of aryl methyl sites for hydroxylation is 1. The number of piperidine rings is 2. The minimum atomic E-state index is -3.60. The Kier molecular flexibility index (Phi) is 5.66. The standard InChI is InChI=1S/C21H29N3O4S/c1-15-3-2-10-23(14-15)21(26)16-8-11-24(12-9-16)29(27,28)18-5-6-19-17(13-18)4-7-20(25)22-19/h5-6,13,15-16H,2-4,7-12,14H2,1H3,(H,22,25). The number of likely N-dealkylation sites (tertiary alicyclic amines) is 1. The van der Waals surface area contributed by atoms with Crippen molar-refractivity contribution in [3.8, 4) is 0 Å². The Balaban J connectivity index is 1.41. The summed E-state index contributed by atoms with van der Waals surface area (Å²) in [6, 6.07) is 4.91. The lowest BCUT2D eigenvalue weighted by atomic mass is 9.93. The predicted molar refractivity (Wildman–Crippen MR) is 110 cm³/mol. The monoisotopic (exact) mass is 419 g/mol. The second-order valence-electron chi connectivity index (χ2n) is 8.58. The summed E-state index contributed by atoms with van der Waals surface area (Å²) in [6.45, 7) is 4.57. The molecule has 1 aromatic carbocycles. The first kappa shape index (κ1) is 20.3. The molecule has 7 nitrogen and oxygen atoms in total. The van der Waals surface area contributed by atoms with Gasteiger partial charge >= 0.3 is 0 Å². The van der Waals surface area contributed by atoms with Crippen LogP contribution in [0.15, 0.2) is 23.1 Å². The molecule has 3 aliphatic heterocycles. The summed E-state index contributed by atoms with van der Waals surface area (Å²) < 4.78 is 27.7. The Bertz CT molecular complexity index is 907. The van der Waals surface area contributed by atoms with E-state index >= 15 is 0 Å². The Labute approximate surface area is 172 Å². The van der Waals surface area contributed by atoms with Gasteiger partial charge in [-0.3, -0.25) is 9.59 Å². The van der Waals surface area contributed by atoms with Crippen LogP contribution in [-0.4, -0.2) is 55.6 Å². The van der Waals surface area contributed by atoms with Crippen LogP contribution in [-0.2, 0) is 26.0 Å². The van der Waals surface area contributed by atoms with Crippen LogP contribution in [0.5, 0.6) is 0 Å². The van der Waals surface area contributed by atoms with Crippen molar-refractivity contribution in [2.45, 2.75) is 50.3 Å². The molecule has 0 radical (unpaired) electrons. The molecule has 0 bridgehead atoms. The molecule has 0 aliphatic carbocycles. The van der Waals surface area contributed by atoms with E-state index in [0.29, 0.717) is 50.4 Å². The summed E-state index contributed by atoms with van der Waals surface area (Å²) in [4.78, 5) is 26.6. The van der Waals surface area contributed by atoms with Crippen molar-refractivity contribution in [1.29, 1.82) is 0 Å². The summed E-state index contributed by atoms with van der Waals surface area (Å²) in [5.41, 5.74) is 1.55. The molecule has 0 spiro atoms. The molecule has 0 saturated carbocycles. The highest BCUT2D eigenvalue weighted by Crippen LogP contribution is 2.30. The van der Waals surface area contributed by atoms with E-state index in [-0.39, 0.29) is 22.6 Å². The number of rotatable bonds is 3. The summed E-state index contributed by atoms with van der Waals surface area (Å²) >= 11 is 0. The van der Waals surface area contributed by atoms with Gasteiger partial charge in [-0.25, -0.2) is 8.42 Å². The minimum Gasteiger partial charge on any atom is -0.342 e. The second-order valence-corrected chi connectivity index (χ2v) is 10.5. The molecular weight excluding hydrogens is 390 g/mol. The number of hydrogen-bond donors (Lipinski definition) is 1. The fourth-order valence-electron chi connectivity index (χ4n) is 4.66. The van der Waals surface area contributed by atoms with Crippen LogP contribution in [0.1, 0.15) is 44.6 Å². The maximum absolute atomic E-state index is 13.1. The van der Waals surface area contributed by atoms with Crippen LogP contribution in [0, 0.1) is 11.8 Å². The van der Waals surface area contributed by atoms with Gasteiger partial charge < -0.3 is 10.2 Å². The molecule has 1 unspecified atom stereocenters. The smallest absolute Gasteiger partial charge is 0.243 e. The summed E-state index contributed by atoms with van der Waals surface area (Å²) in [6.07, 6.45) is 4.30. The number of fused-ring (bicyclic) bond motifs is 1. The van der Waals surface area contributed by atoms with E-state index in [4.69, 9.17) is 0 Å². The fraction of sp³-hybridized carbons (Fsp3) is 0.619. The van der Waals surface area contributed by atoms with Gasteiger partial charge in [0.1, 0.15) is 0 Å². The highest BCUT2D eigenvalue weighted by Gasteiger charge is 2.35. The van der Waals surface area contributed by atoms with Crippen LogP contribution in [0.25, 0.3) is 0 Å². The van der Waals surface area contributed by atoms with Crippen LogP contribution >= 0.6 is 0 Å². The molecule has 158 valence electrons. The third-order valence-corrected chi connectivity index (χ3v) is 8.28. The van der Waals surface area contributed by atoms with Crippen molar-refractivity contribution in [3.05, 3.63) is 23.8 Å². The minimum absolute atomic E-state index is 0.0389. The molecule has 1 N–H and O–H groups in total. The van der Waals surface area contributed by atoms with Gasteiger partial charge in [0.2, 0.25) is 21.8 Å². The number of hydrogen-bond acceptors (Lipinski definition) is 4. The van der Waals surface area contributed by atoms with Gasteiger partial charge in [-0.05, 0) is 61.8 Å². The Morgan fingerprint density at radius 2 is 1.86 bits per heavy atom. The topological polar surface area (TPSA) is 86.8 Å². The summed E-state index contributed by atoms with van der Waals surface area (Å²) in [7, 11) is -3.60. The molecule has 3 aliphatic rings. The molecule has 0 aromatic heterocycles. The molecular formula is C21H29N3O4S. The molecule has 1 aromatic rings. The number of carbonyl (C=O) groups is 2. The van der Waals surface area contributed by atoms with Gasteiger partial charge in [-0.15, -0.1) is 0 Å². The summed E-state index contributed by atoms with van der Waals surface area (Å²) in [5.74, 6) is 0.619. The lowest BCUT2D eigenvalue weighted by Crippen LogP contribution is -2.46. The Hall–Kier alpha value is -1.93. The first-order chi connectivity index (χ1) is 13.8. The van der Waals surface area contributed by atoms with E-state index in [0.717, 1.165) is 25.1 Å². The average molecular weight is 420 g/mol. The van der Waals surface area contributed by atoms with Crippen molar-refractivity contribution in [2.24, 2.45) is 11.8 Å². The largest absolute Gasteiger partial charge is 0.342 e. The second kappa shape index (κ2) is 8.07. The number of carbonyl (C=O) groups excluding carboxylic acids is 2. The Morgan fingerprint density at radius 3 is 2.59 bits per heavy atom. The highest BCUT2D eigenvalue weighted by molar-refractivity contribution is 7.89. The maximum atomic E-state index is 13.1. The normalized spacial score (nSPS) is 24.1. The van der Waals surface area contributed by atoms with E-state index in [1.165, 1.54) is 10.7 Å². The zero-order chi connectivity index (χ0) is 20.6. The molecule has 2 amide bonds. The number of nitrogens with one attached hydrogen (secondary N) is 1. The first-order valence-electron chi connectivity index (χ1n) is 10.6. The number of anilines is 1. The van der Waals surface area contributed by atoms with Crippen LogP contribution in [0.3, 0.4) is 0 Å². The van der Waals surface area contributed by atoms with Gasteiger partial charge in [0.15, 0.2) is 0 Å². The number of sulfonamides is 1. The predicted octanol–water partition coefficient (Wildman–Crippen LogP) is 2.23. The molecule has 3 heterocycles. The third kappa shape index (κ3) is 4.19. The van der Waals surface area contributed by atoms with Gasteiger partial charge in [0.05, 0.1) is 4.90 Å². The van der Waals surface area contributed by atoms with Gasteiger partial charge in [0.25, 0.3) is 0 Å². The van der Waals surface area contributed by atoms with Crippen LogP contribution < -0.4 is 5.32 Å². The van der Waals surface area contributed by atoms with Crippen molar-refractivity contribution in [1.82, 2.24) is 9.21 Å². The van der Waals surface area contributed by atoms with Gasteiger partial charge in [-0.1, -0.05) is 6.92 Å². The maximum Gasteiger partial charge on any atom is 0.243 e. The first-order valence-corrected chi connectivity index (χ1v) is 12.0. The molecule has 2 fully saturated rings. The molecule has 29 heavy (non-hydrogen) atoms. The van der Waals surface area contributed by atoms with E-state index in [2.05, 4.69) is 12.2 Å². The highest BCUT2D eigenvalue weighted by atomic mass is 32.2. The van der Waals surface area contributed by atoms with Gasteiger partial charge in [-0.2, -0.15) is 4.31 Å². The molecule has 8 heteroatoms. The average Bonchev–Trinajstić information content (AvgIpc) is 2.73. The zero-order valence-electron chi connectivity index (χ0n) is 16.9. The van der Waals surface area contributed by atoms with E-state index in [1.54, 1.807) is 18.2 Å². The lowest BCUT2D eigenvalue weighted by Gasteiger charge is -2.36. The molecule has 2 saturated heterocycles. The van der Waals surface area contributed by atoms with E-state index in [1.807, 2.05) is 4.90 Å². The molecule has 4 rings (SSSR count). The van der Waals surface area contributed by atoms with Crippen LogP contribution in [0.2, 0.25) is 0 Å².